The zero-order chi connectivity index (χ0) is 21.2. The molecule has 0 saturated carbocycles. The lowest BCUT2D eigenvalue weighted by Crippen LogP contribution is -2.49. The van der Waals surface area contributed by atoms with Crippen molar-refractivity contribution >= 4 is 28.9 Å². The summed E-state index contributed by atoms with van der Waals surface area (Å²) in [5.41, 5.74) is 5.01. The average molecular weight is 386 g/mol. The standard InChI is InChI=1S/C25H27N3O/c1-17(2)28-23-12-11-19(14-22(23)18(3)15-25(28,4)5)13-20(16-26)24(29)27-21-9-7-6-8-10-21/h6-15,17H,1-5H3,(H,27,29)/b20-13-. The normalized spacial score (nSPS) is 15.4. The van der Waals surface area contributed by atoms with Crippen molar-refractivity contribution in [2.24, 2.45) is 0 Å². The van der Waals surface area contributed by atoms with E-state index in [0.29, 0.717) is 11.7 Å². The number of rotatable bonds is 4. The molecule has 4 heteroatoms. The predicted octanol–water partition coefficient (Wildman–Crippen LogP) is 5.64. The van der Waals surface area contributed by atoms with Crippen LogP contribution in [0.4, 0.5) is 11.4 Å². The van der Waals surface area contributed by atoms with Crippen molar-refractivity contribution in [2.75, 3.05) is 10.2 Å². The quantitative estimate of drug-likeness (QED) is 0.547. The second-order valence-corrected chi connectivity index (χ2v) is 8.21. The summed E-state index contributed by atoms with van der Waals surface area (Å²) < 4.78 is 0. The van der Waals surface area contributed by atoms with Crippen molar-refractivity contribution in [2.45, 2.75) is 46.2 Å². The van der Waals surface area contributed by atoms with Crippen LogP contribution in [0, 0.1) is 11.3 Å². The number of amides is 1. The minimum absolute atomic E-state index is 0.0734. The maximum absolute atomic E-state index is 12.5. The largest absolute Gasteiger partial charge is 0.360 e. The summed E-state index contributed by atoms with van der Waals surface area (Å²) in [6.45, 7) is 10.9. The van der Waals surface area contributed by atoms with Gasteiger partial charge in [0.15, 0.2) is 0 Å². The van der Waals surface area contributed by atoms with Crippen LogP contribution < -0.4 is 10.2 Å². The molecule has 0 atom stereocenters. The molecule has 0 unspecified atom stereocenters. The van der Waals surface area contributed by atoms with E-state index in [2.05, 4.69) is 63.0 Å². The second kappa shape index (κ2) is 7.97. The number of carbonyl (C=O) groups excluding carboxylic acids is 1. The van der Waals surface area contributed by atoms with Gasteiger partial charge >= 0.3 is 0 Å². The van der Waals surface area contributed by atoms with Gasteiger partial charge in [0.25, 0.3) is 5.91 Å². The molecular weight excluding hydrogens is 358 g/mol. The number of allylic oxidation sites excluding steroid dienone is 1. The number of nitriles is 1. The molecule has 1 amide bonds. The van der Waals surface area contributed by atoms with Crippen molar-refractivity contribution < 1.29 is 4.79 Å². The van der Waals surface area contributed by atoms with Crippen LogP contribution in [0.1, 0.15) is 45.7 Å². The van der Waals surface area contributed by atoms with Gasteiger partial charge in [0.2, 0.25) is 0 Å². The molecule has 148 valence electrons. The Hall–Kier alpha value is -3.32. The Morgan fingerprint density at radius 2 is 1.86 bits per heavy atom. The smallest absolute Gasteiger partial charge is 0.266 e. The maximum Gasteiger partial charge on any atom is 0.266 e. The summed E-state index contributed by atoms with van der Waals surface area (Å²) in [5, 5.41) is 12.3. The first kappa shape index (κ1) is 20.4. The second-order valence-electron chi connectivity index (χ2n) is 8.21. The topological polar surface area (TPSA) is 56.1 Å². The van der Waals surface area contributed by atoms with E-state index in [0.717, 1.165) is 11.1 Å². The third kappa shape index (κ3) is 4.25. The molecule has 0 fully saturated rings. The molecule has 0 aromatic heterocycles. The molecule has 2 aromatic rings. The number of nitrogens with one attached hydrogen (secondary N) is 1. The van der Waals surface area contributed by atoms with Crippen molar-refractivity contribution in [3.8, 4) is 6.07 Å². The van der Waals surface area contributed by atoms with Gasteiger partial charge in [-0.2, -0.15) is 5.26 Å². The molecule has 29 heavy (non-hydrogen) atoms. The summed E-state index contributed by atoms with van der Waals surface area (Å²) in [6.07, 6.45) is 3.92. The highest BCUT2D eigenvalue weighted by atomic mass is 16.1. The van der Waals surface area contributed by atoms with Gasteiger partial charge in [-0.05, 0) is 76.1 Å². The highest BCUT2D eigenvalue weighted by molar-refractivity contribution is 6.09. The summed E-state index contributed by atoms with van der Waals surface area (Å²) in [5.74, 6) is -0.409. The summed E-state index contributed by atoms with van der Waals surface area (Å²) >= 11 is 0. The summed E-state index contributed by atoms with van der Waals surface area (Å²) in [7, 11) is 0. The highest BCUT2D eigenvalue weighted by Gasteiger charge is 2.32. The molecule has 1 aliphatic rings. The highest BCUT2D eigenvalue weighted by Crippen LogP contribution is 2.40. The Kier molecular flexibility index (Phi) is 5.61. The molecule has 0 radical (unpaired) electrons. The van der Waals surface area contributed by atoms with E-state index in [1.807, 2.05) is 30.3 Å². The first-order valence-corrected chi connectivity index (χ1v) is 9.84. The Morgan fingerprint density at radius 1 is 1.17 bits per heavy atom. The van der Waals surface area contributed by atoms with E-state index >= 15 is 0 Å². The summed E-state index contributed by atoms with van der Waals surface area (Å²) in [4.78, 5) is 14.9. The molecule has 2 aromatic carbocycles. The van der Waals surface area contributed by atoms with Crippen LogP contribution in [0.25, 0.3) is 11.6 Å². The fourth-order valence-electron chi connectivity index (χ4n) is 4.14. The van der Waals surface area contributed by atoms with E-state index in [-0.39, 0.29) is 11.1 Å². The van der Waals surface area contributed by atoms with E-state index < -0.39 is 5.91 Å². The zero-order valence-corrected chi connectivity index (χ0v) is 17.7. The number of benzene rings is 2. The molecule has 3 rings (SSSR count). The van der Waals surface area contributed by atoms with E-state index in [1.165, 1.54) is 11.3 Å². The monoisotopic (exact) mass is 385 g/mol. The van der Waals surface area contributed by atoms with Crippen LogP contribution in [-0.2, 0) is 4.79 Å². The Bertz CT molecular complexity index is 1020. The van der Waals surface area contributed by atoms with Gasteiger partial charge < -0.3 is 10.2 Å². The molecule has 0 saturated heterocycles. The van der Waals surface area contributed by atoms with Crippen LogP contribution in [0.3, 0.4) is 0 Å². The Balaban J connectivity index is 1.95. The minimum atomic E-state index is -0.409. The predicted molar refractivity (Wildman–Crippen MR) is 120 cm³/mol. The zero-order valence-electron chi connectivity index (χ0n) is 17.7. The molecule has 1 N–H and O–H groups in total. The number of anilines is 2. The van der Waals surface area contributed by atoms with Crippen LogP contribution in [0.5, 0.6) is 0 Å². The lowest BCUT2D eigenvalue weighted by Gasteiger charge is -2.46. The van der Waals surface area contributed by atoms with Crippen LogP contribution in [0.2, 0.25) is 0 Å². The number of nitrogens with zero attached hydrogens (tertiary/aromatic N) is 2. The van der Waals surface area contributed by atoms with Gasteiger partial charge in [0.1, 0.15) is 11.6 Å². The number of para-hydroxylation sites is 1. The maximum atomic E-state index is 12.5. The van der Waals surface area contributed by atoms with E-state index in [1.54, 1.807) is 18.2 Å². The number of carbonyl (C=O) groups is 1. The molecule has 4 nitrogen and oxygen atoms in total. The van der Waals surface area contributed by atoms with Gasteiger partial charge in [-0.1, -0.05) is 30.3 Å². The van der Waals surface area contributed by atoms with Crippen LogP contribution in [-0.4, -0.2) is 17.5 Å². The van der Waals surface area contributed by atoms with Gasteiger partial charge in [-0.3, -0.25) is 4.79 Å². The molecular formula is C25H27N3O. The average Bonchev–Trinajstić information content (AvgIpc) is 2.66. The van der Waals surface area contributed by atoms with Gasteiger partial charge in [0, 0.05) is 23.0 Å². The minimum Gasteiger partial charge on any atom is -0.360 e. The first-order valence-electron chi connectivity index (χ1n) is 9.84. The van der Waals surface area contributed by atoms with E-state index in [4.69, 9.17) is 0 Å². The molecule has 0 spiro atoms. The number of hydrogen-bond acceptors (Lipinski definition) is 3. The number of fused-ring (bicyclic) bond motifs is 1. The van der Waals surface area contributed by atoms with E-state index in [9.17, 15) is 10.1 Å². The van der Waals surface area contributed by atoms with Crippen molar-refractivity contribution in [3.63, 3.8) is 0 Å². The van der Waals surface area contributed by atoms with Crippen LogP contribution >= 0.6 is 0 Å². The van der Waals surface area contributed by atoms with Crippen LogP contribution in [0.15, 0.2) is 60.2 Å². The molecule has 1 heterocycles. The third-order valence-electron chi connectivity index (χ3n) is 5.12. The SMILES string of the molecule is CC1=CC(C)(C)N(C(C)C)c2ccc(/C=C(/C#N)C(=O)Nc3ccccc3)cc21. The lowest BCUT2D eigenvalue weighted by molar-refractivity contribution is -0.112. The Labute approximate surface area is 173 Å². The van der Waals surface area contributed by atoms with Crippen molar-refractivity contribution in [1.29, 1.82) is 5.26 Å². The first-order chi connectivity index (χ1) is 13.7. The Morgan fingerprint density at radius 3 is 2.48 bits per heavy atom. The molecule has 0 bridgehead atoms. The van der Waals surface area contributed by atoms with Gasteiger partial charge in [-0.15, -0.1) is 0 Å². The van der Waals surface area contributed by atoms with Gasteiger partial charge in [0.05, 0.1) is 5.54 Å². The lowest BCUT2D eigenvalue weighted by atomic mass is 9.87. The summed E-state index contributed by atoms with van der Waals surface area (Å²) in [6, 6.07) is 17.6. The van der Waals surface area contributed by atoms with Crippen molar-refractivity contribution in [1.82, 2.24) is 0 Å². The fraction of sp³-hybridized carbons (Fsp3) is 0.280. The molecule has 0 aliphatic carbocycles. The van der Waals surface area contributed by atoms with Gasteiger partial charge in [-0.25, -0.2) is 0 Å². The fourth-order valence-corrected chi connectivity index (χ4v) is 4.14. The third-order valence-corrected chi connectivity index (χ3v) is 5.12. The number of hydrogen-bond donors (Lipinski definition) is 1. The van der Waals surface area contributed by atoms with Crippen molar-refractivity contribution in [3.05, 3.63) is 71.3 Å². The molecule has 1 aliphatic heterocycles.